The number of rotatable bonds is 4. The van der Waals surface area contributed by atoms with Crippen molar-refractivity contribution in [2.24, 2.45) is 0 Å². The van der Waals surface area contributed by atoms with Crippen molar-refractivity contribution in [3.05, 3.63) is 37.9 Å². The van der Waals surface area contributed by atoms with E-state index >= 15 is 0 Å². The first-order valence-corrected chi connectivity index (χ1v) is 6.40. The highest BCUT2D eigenvalue weighted by molar-refractivity contribution is 6.44. The fraction of sp³-hybridized carbons (Fsp3) is 0.417. The Morgan fingerprint density at radius 2 is 2.00 bits per heavy atom. The summed E-state index contributed by atoms with van der Waals surface area (Å²) in [6.07, 6.45) is 0. The Morgan fingerprint density at radius 1 is 1.45 bits per heavy atom. The Balaban J connectivity index is 3.18. The van der Waals surface area contributed by atoms with E-state index < -0.39 is 16.4 Å². The van der Waals surface area contributed by atoms with Crippen molar-refractivity contribution in [3.63, 3.8) is 0 Å². The summed E-state index contributed by atoms with van der Waals surface area (Å²) >= 11 is 11.7. The van der Waals surface area contributed by atoms with Crippen LogP contribution < -0.4 is 0 Å². The van der Waals surface area contributed by atoms with E-state index in [-0.39, 0.29) is 27.8 Å². The second-order valence-corrected chi connectivity index (χ2v) is 5.81. The summed E-state index contributed by atoms with van der Waals surface area (Å²) in [5.74, 6) is -0.553. The van der Waals surface area contributed by atoms with Gasteiger partial charge in [0.15, 0.2) is 0 Å². The van der Waals surface area contributed by atoms with Gasteiger partial charge in [0.1, 0.15) is 0 Å². The van der Waals surface area contributed by atoms with Crippen LogP contribution in [0.25, 0.3) is 0 Å². The van der Waals surface area contributed by atoms with Crippen LogP contribution in [-0.4, -0.2) is 40.0 Å². The molecule has 0 saturated heterocycles. The summed E-state index contributed by atoms with van der Waals surface area (Å²) in [6.45, 7) is 3.13. The van der Waals surface area contributed by atoms with Gasteiger partial charge in [-0.05, 0) is 13.8 Å². The van der Waals surface area contributed by atoms with E-state index in [1.165, 1.54) is 11.9 Å². The summed E-state index contributed by atoms with van der Waals surface area (Å²) in [6, 6.07) is 2.15. The van der Waals surface area contributed by atoms with Crippen LogP contribution in [-0.2, 0) is 0 Å². The topological polar surface area (TPSA) is 83.7 Å². The van der Waals surface area contributed by atoms with Crippen LogP contribution >= 0.6 is 23.2 Å². The first-order valence-electron chi connectivity index (χ1n) is 5.64. The van der Waals surface area contributed by atoms with E-state index in [1.807, 2.05) is 0 Å². The van der Waals surface area contributed by atoms with Gasteiger partial charge in [0.25, 0.3) is 11.6 Å². The minimum Gasteiger partial charge on any atom is -0.389 e. The Kier molecular flexibility index (Phi) is 4.96. The van der Waals surface area contributed by atoms with Crippen LogP contribution in [0.4, 0.5) is 5.69 Å². The van der Waals surface area contributed by atoms with Gasteiger partial charge in [-0.2, -0.15) is 0 Å². The molecule has 0 radical (unpaired) electrons. The molecule has 1 aromatic rings. The third-order valence-corrected chi connectivity index (χ3v) is 3.23. The van der Waals surface area contributed by atoms with Gasteiger partial charge in [-0.15, -0.1) is 0 Å². The molecule has 1 aromatic carbocycles. The molecular weight excluding hydrogens is 307 g/mol. The molecule has 0 aliphatic rings. The maximum absolute atomic E-state index is 12.2. The second kappa shape index (κ2) is 5.95. The molecule has 0 fully saturated rings. The van der Waals surface area contributed by atoms with Crippen molar-refractivity contribution in [1.82, 2.24) is 4.90 Å². The Bertz CT molecular complexity index is 555. The fourth-order valence-corrected chi connectivity index (χ4v) is 2.10. The van der Waals surface area contributed by atoms with Crippen molar-refractivity contribution < 1.29 is 14.8 Å². The van der Waals surface area contributed by atoms with Crippen molar-refractivity contribution in [1.29, 1.82) is 0 Å². The molecular formula is C12H14Cl2N2O4. The highest BCUT2D eigenvalue weighted by Gasteiger charge is 2.25. The van der Waals surface area contributed by atoms with Gasteiger partial charge in [0, 0.05) is 25.7 Å². The number of nitro benzene ring substituents is 1. The van der Waals surface area contributed by atoms with Gasteiger partial charge in [-0.3, -0.25) is 14.9 Å². The average Bonchev–Trinajstić information content (AvgIpc) is 2.29. The number of hydrogen-bond acceptors (Lipinski definition) is 4. The third kappa shape index (κ3) is 4.06. The lowest BCUT2D eigenvalue weighted by Crippen LogP contribution is -2.39. The van der Waals surface area contributed by atoms with Gasteiger partial charge in [-0.1, -0.05) is 23.2 Å². The van der Waals surface area contributed by atoms with E-state index in [4.69, 9.17) is 23.2 Å². The molecule has 0 atom stereocenters. The molecule has 1 rings (SSSR count). The van der Waals surface area contributed by atoms with Crippen molar-refractivity contribution in [3.8, 4) is 0 Å². The second-order valence-electron chi connectivity index (χ2n) is 5.02. The number of amides is 1. The number of likely N-dealkylation sites (N-methyl/N-ethyl adjacent to an activating group) is 1. The highest BCUT2D eigenvalue weighted by Crippen LogP contribution is 2.31. The number of carbonyl (C=O) groups excluding carboxylic acids is 1. The minimum absolute atomic E-state index is 0.0441. The van der Waals surface area contributed by atoms with Crippen LogP contribution in [0.5, 0.6) is 0 Å². The standard InChI is InChI=1S/C12H14Cl2N2O4/c1-12(2,18)6-15(3)11(17)8-4-7(16(19)20)5-9(13)10(8)14/h4-5,18H,6H2,1-3H3. The molecule has 110 valence electrons. The highest BCUT2D eigenvalue weighted by atomic mass is 35.5. The largest absolute Gasteiger partial charge is 0.389 e. The normalized spacial score (nSPS) is 11.3. The summed E-state index contributed by atoms with van der Waals surface area (Å²) < 4.78 is 0. The smallest absolute Gasteiger partial charge is 0.271 e. The summed E-state index contributed by atoms with van der Waals surface area (Å²) in [4.78, 5) is 23.6. The van der Waals surface area contributed by atoms with E-state index in [0.29, 0.717) is 0 Å². The number of nitrogens with zero attached hydrogens (tertiary/aromatic N) is 2. The quantitative estimate of drug-likeness (QED) is 0.683. The van der Waals surface area contributed by atoms with Crippen LogP contribution in [0, 0.1) is 10.1 Å². The zero-order chi connectivity index (χ0) is 15.7. The zero-order valence-corrected chi connectivity index (χ0v) is 12.7. The molecule has 0 spiro atoms. The summed E-state index contributed by atoms with van der Waals surface area (Å²) in [5, 5.41) is 20.3. The predicted molar refractivity (Wildman–Crippen MR) is 76.4 cm³/mol. The molecule has 0 aliphatic heterocycles. The van der Waals surface area contributed by atoms with Gasteiger partial charge in [-0.25, -0.2) is 0 Å². The third-order valence-electron chi connectivity index (χ3n) is 2.43. The Hall–Kier alpha value is -1.37. The van der Waals surface area contributed by atoms with Crippen molar-refractivity contribution in [2.45, 2.75) is 19.4 Å². The number of benzene rings is 1. The van der Waals surface area contributed by atoms with Crippen molar-refractivity contribution in [2.75, 3.05) is 13.6 Å². The lowest BCUT2D eigenvalue weighted by molar-refractivity contribution is -0.384. The number of hydrogen-bond donors (Lipinski definition) is 1. The lowest BCUT2D eigenvalue weighted by Gasteiger charge is -2.25. The molecule has 6 nitrogen and oxygen atoms in total. The van der Waals surface area contributed by atoms with Gasteiger partial charge >= 0.3 is 0 Å². The molecule has 0 aliphatic carbocycles. The van der Waals surface area contributed by atoms with Crippen molar-refractivity contribution >= 4 is 34.8 Å². The molecule has 0 unspecified atom stereocenters. The molecule has 8 heteroatoms. The molecule has 0 bridgehead atoms. The van der Waals surface area contributed by atoms with E-state index in [0.717, 1.165) is 12.1 Å². The minimum atomic E-state index is -1.10. The Morgan fingerprint density at radius 3 is 2.45 bits per heavy atom. The molecule has 0 aromatic heterocycles. The molecule has 0 heterocycles. The fourth-order valence-electron chi connectivity index (χ4n) is 1.69. The summed E-state index contributed by atoms with van der Waals surface area (Å²) in [7, 11) is 1.46. The Labute approximate surface area is 126 Å². The van der Waals surface area contributed by atoms with Crippen LogP contribution in [0.2, 0.25) is 10.0 Å². The first kappa shape index (κ1) is 16.7. The summed E-state index contributed by atoms with van der Waals surface area (Å²) in [5.41, 5.74) is -1.49. The monoisotopic (exact) mass is 320 g/mol. The first-order chi connectivity index (χ1) is 9.03. The maximum atomic E-state index is 12.2. The van der Waals surface area contributed by atoms with E-state index in [9.17, 15) is 20.0 Å². The number of carbonyl (C=O) groups is 1. The molecule has 0 saturated carbocycles. The van der Waals surface area contributed by atoms with Crippen LogP contribution in [0.15, 0.2) is 12.1 Å². The molecule has 1 amide bonds. The number of halogens is 2. The number of non-ortho nitro benzene ring substituents is 1. The van der Waals surface area contributed by atoms with Gasteiger partial charge in [0.2, 0.25) is 0 Å². The van der Waals surface area contributed by atoms with E-state index in [2.05, 4.69) is 0 Å². The number of nitro groups is 1. The molecule has 20 heavy (non-hydrogen) atoms. The maximum Gasteiger partial charge on any atom is 0.271 e. The van der Waals surface area contributed by atoms with Gasteiger partial charge in [0.05, 0.1) is 26.1 Å². The predicted octanol–water partition coefficient (Wildman–Crippen LogP) is 2.74. The molecule has 1 N–H and O–H groups in total. The van der Waals surface area contributed by atoms with Crippen LogP contribution in [0.3, 0.4) is 0 Å². The van der Waals surface area contributed by atoms with E-state index in [1.54, 1.807) is 13.8 Å². The van der Waals surface area contributed by atoms with Gasteiger partial charge < -0.3 is 10.0 Å². The van der Waals surface area contributed by atoms with Crippen LogP contribution in [0.1, 0.15) is 24.2 Å². The zero-order valence-electron chi connectivity index (χ0n) is 11.2. The average molecular weight is 321 g/mol. The SMILES string of the molecule is CN(CC(C)(C)O)C(=O)c1cc([N+](=O)[O-])cc(Cl)c1Cl. The number of aliphatic hydroxyl groups is 1. The lowest BCUT2D eigenvalue weighted by atomic mass is 10.1.